The van der Waals surface area contributed by atoms with Gasteiger partial charge in [0.15, 0.2) is 5.16 Å². The van der Waals surface area contributed by atoms with E-state index in [0.717, 1.165) is 31.8 Å². The fraction of sp³-hybridized carbons (Fsp3) is 0.727. The van der Waals surface area contributed by atoms with E-state index in [1.54, 1.807) is 0 Å². The molecule has 1 aromatic heterocycles. The molecular weight excluding hydrogens is 220 g/mol. The maximum Gasteiger partial charge on any atom is 0.168 e. The van der Waals surface area contributed by atoms with Crippen LogP contribution in [0.2, 0.25) is 0 Å². The van der Waals surface area contributed by atoms with Crippen molar-refractivity contribution < 1.29 is 0 Å². The molecule has 1 saturated heterocycles. The summed E-state index contributed by atoms with van der Waals surface area (Å²) in [6, 6.07) is 0.255. The van der Waals surface area contributed by atoms with Crippen LogP contribution < -0.4 is 5.73 Å². The number of fused-ring (bicyclic) bond motifs is 1. The monoisotopic (exact) mass is 238 g/mol. The predicted molar refractivity (Wildman–Crippen MR) is 65.8 cm³/mol. The van der Waals surface area contributed by atoms with Crippen LogP contribution in [0.15, 0.2) is 11.4 Å². The fourth-order valence-electron chi connectivity index (χ4n) is 2.75. The lowest BCUT2D eigenvalue weighted by atomic mass is 9.89. The number of imidazole rings is 1. The van der Waals surface area contributed by atoms with Crippen LogP contribution in [0.4, 0.5) is 0 Å². The fourth-order valence-corrected chi connectivity index (χ4v) is 3.69. The Morgan fingerprint density at radius 1 is 1.50 bits per heavy atom. The number of nitrogens with two attached hydrogens (primary N) is 1. The van der Waals surface area contributed by atoms with Crippen LogP contribution >= 0.6 is 11.8 Å². The number of hydrogen-bond acceptors (Lipinski definition) is 4. The summed E-state index contributed by atoms with van der Waals surface area (Å²) < 4.78 is 2.36. The zero-order valence-corrected chi connectivity index (χ0v) is 10.4. The molecule has 16 heavy (non-hydrogen) atoms. The Hall–Kier alpha value is -0.520. The van der Waals surface area contributed by atoms with Crippen LogP contribution in [-0.4, -0.2) is 46.4 Å². The molecule has 4 nitrogen and oxygen atoms in total. The highest BCUT2D eigenvalue weighted by Crippen LogP contribution is 2.33. The van der Waals surface area contributed by atoms with Crippen LogP contribution in [0.25, 0.3) is 0 Å². The van der Waals surface area contributed by atoms with Gasteiger partial charge < -0.3 is 15.2 Å². The Kier molecular flexibility index (Phi) is 2.69. The van der Waals surface area contributed by atoms with Gasteiger partial charge in [0.2, 0.25) is 0 Å². The highest BCUT2D eigenvalue weighted by molar-refractivity contribution is 7.99. The van der Waals surface area contributed by atoms with Crippen molar-refractivity contribution in [3.63, 3.8) is 0 Å². The Bertz CT molecular complexity index is 389. The number of thioether (sulfide) groups is 1. The van der Waals surface area contributed by atoms with Crippen molar-refractivity contribution in [3.8, 4) is 0 Å². The average Bonchev–Trinajstić information content (AvgIpc) is 2.80. The van der Waals surface area contributed by atoms with Crippen molar-refractivity contribution in [1.29, 1.82) is 0 Å². The van der Waals surface area contributed by atoms with Crippen molar-refractivity contribution in [1.82, 2.24) is 14.5 Å². The number of nitrogens with zero attached hydrogens (tertiary/aromatic N) is 3. The Morgan fingerprint density at radius 3 is 3.19 bits per heavy atom. The Labute approximate surface area is 100 Å². The summed E-state index contributed by atoms with van der Waals surface area (Å²) in [5, 5.41) is 1.18. The molecule has 0 aliphatic carbocycles. The molecule has 2 N–H and O–H groups in total. The van der Waals surface area contributed by atoms with Gasteiger partial charge in [0.05, 0.1) is 0 Å². The van der Waals surface area contributed by atoms with Gasteiger partial charge in [-0.25, -0.2) is 4.98 Å². The van der Waals surface area contributed by atoms with E-state index in [1.807, 2.05) is 18.0 Å². The molecular formula is C11H18N4S. The zero-order valence-electron chi connectivity index (χ0n) is 9.59. The van der Waals surface area contributed by atoms with E-state index in [4.69, 9.17) is 5.73 Å². The molecule has 3 heterocycles. The van der Waals surface area contributed by atoms with Crippen LogP contribution in [0, 0.1) is 0 Å². The first kappa shape index (κ1) is 10.6. The normalized spacial score (nSPS) is 30.6. The van der Waals surface area contributed by atoms with Crippen LogP contribution in [0.5, 0.6) is 0 Å². The molecule has 0 amide bonds. The van der Waals surface area contributed by atoms with E-state index in [1.165, 1.54) is 10.9 Å². The maximum atomic E-state index is 6.27. The molecule has 1 fully saturated rings. The second kappa shape index (κ2) is 4.05. The second-order valence-corrected chi connectivity index (χ2v) is 5.85. The van der Waals surface area contributed by atoms with Crippen molar-refractivity contribution in [2.45, 2.75) is 30.1 Å². The van der Waals surface area contributed by atoms with Gasteiger partial charge >= 0.3 is 0 Å². The van der Waals surface area contributed by atoms with Gasteiger partial charge in [-0.3, -0.25) is 0 Å². The summed E-state index contributed by atoms with van der Waals surface area (Å²) >= 11 is 1.86. The lowest BCUT2D eigenvalue weighted by molar-refractivity contribution is 0.224. The summed E-state index contributed by atoms with van der Waals surface area (Å²) in [6.45, 7) is 3.25. The van der Waals surface area contributed by atoms with Crippen LogP contribution in [0.1, 0.15) is 18.0 Å². The molecule has 0 aromatic carbocycles. The van der Waals surface area contributed by atoms with E-state index in [-0.39, 0.29) is 6.04 Å². The first-order valence-electron chi connectivity index (χ1n) is 5.88. The van der Waals surface area contributed by atoms with Crippen molar-refractivity contribution >= 4 is 11.8 Å². The molecule has 3 rings (SSSR count). The van der Waals surface area contributed by atoms with E-state index in [0.29, 0.717) is 5.92 Å². The number of likely N-dealkylation sites (N-methyl/N-ethyl adjacent to an activating group) is 1. The average molecular weight is 238 g/mol. The minimum absolute atomic E-state index is 0.255. The molecule has 0 bridgehead atoms. The highest BCUT2D eigenvalue weighted by Gasteiger charge is 2.30. The lowest BCUT2D eigenvalue weighted by Crippen LogP contribution is -2.46. The number of aromatic nitrogens is 2. The van der Waals surface area contributed by atoms with Crippen LogP contribution in [-0.2, 0) is 6.54 Å². The molecule has 2 aliphatic heterocycles. The van der Waals surface area contributed by atoms with Crippen molar-refractivity contribution in [2.24, 2.45) is 5.73 Å². The van der Waals surface area contributed by atoms with Gasteiger partial charge in [0, 0.05) is 42.7 Å². The third kappa shape index (κ3) is 1.67. The van der Waals surface area contributed by atoms with Gasteiger partial charge in [-0.1, -0.05) is 11.8 Å². The second-order valence-electron chi connectivity index (χ2n) is 4.79. The number of likely N-dealkylation sites (tertiary alicyclic amines) is 1. The minimum Gasteiger partial charge on any atom is -0.326 e. The van der Waals surface area contributed by atoms with Crippen molar-refractivity contribution in [3.05, 3.63) is 11.9 Å². The van der Waals surface area contributed by atoms with Gasteiger partial charge in [-0.2, -0.15) is 0 Å². The highest BCUT2D eigenvalue weighted by atomic mass is 32.2. The summed E-state index contributed by atoms with van der Waals surface area (Å²) in [7, 11) is 2.15. The van der Waals surface area contributed by atoms with Crippen LogP contribution in [0.3, 0.4) is 0 Å². The molecule has 0 radical (unpaired) electrons. The first-order valence-corrected chi connectivity index (χ1v) is 6.86. The molecule has 5 heteroatoms. The smallest absolute Gasteiger partial charge is 0.168 e. The molecule has 1 aromatic rings. The first-order chi connectivity index (χ1) is 7.75. The molecule has 88 valence electrons. The number of piperidine rings is 1. The molecule has 0 saturated carbocycles. The molecule has 2 unspecified atom stereocenters. The molecule has 0 spiro atoms. The Balaban J connectivity index is 1.86. The third-order valence-corrected chi connectivity index (χ3v) is 4.61. The van der Waals surface area contributed by atoms with Gasteiger partial charge in [0.1, 0.15) is 0 Å². The number of rotatable bonds is 1. The largest absolute Gasteiger partial charge is 0.326 e. The number of hydrogen-bond donors (Lipinski definition) is 1. The lowest BCUT2D eigenvalue weighted by Gasteiger charge is -2.34. The van der Waals surface area contributed by atoms with Gasteiger partial charge in [-0.15, -0.1) is 0 Å². The van der Waals surface area contributed by atoms with E-state index in [2.05, 4.69) is 21.5 Å². The SMILES string of the molecule is CN1CCC(c2cnc3n2CCS3)C(N)C1. The topological polar surface area (TPSA) is 47.1 Å². The standard InChI is InChI=1S/C11H18N4S/c1-14-3-2-8(9(12)7-14)10-6-13-11-15(10)4-5-16-11/h6,8-9H,2-5,7,12H2,1H3. The zero-order chi connectivity index (χ0) is 11.1. The molecule has 2 atom stereocenters. The minimum atomic E-state index is 0.255. The van der Waals surface area contributed by atoms with E-state index < -0.39 is 0 Å². The summed E-state index contributed by atoms with van der Waals surface area (Å²) in [5.41, 5.74) is 7.63. The third-order valence-electron chi connectivity index (χ3n) is 3.64. The van der Waals surface area contributed by atoms with E-state index >= 15 is 0 Å². The maximum absolute atomic E-state index is 6.27. The summed E-state index contributed by atoms with van der Waals surface area (Å²) in [5.74, 6) is 1.66. The van der Waals surface area contributed by atoms with E-state index in [9.17, 15) is 0 Å². The van der Waals surface area contributed by atoms with Crippen molar-refractivity contribution in [2.75, 3.05) is 25.9 Å². The molecule has 2 aliphatic rings. The summed E-state index contributed by atoms with van der Waals surface area (Å²) in [4.78, 5) is 6.80. The summed E-state index contributed by atoms with van der Waals surface area (Å²) in [6.07, 6.45) is 3.20. The Morgan fingerprint density at radius 2 is 2.38 bits per heavy atom. The van der Waals surface area contributed by atoms with Gasteiger partial charge in [-0.05, 0) is 20.0 Å². The predicted octanol–water partition coefficient (Wildman–Crippen LogP) is 0.735. The quantitative estimate of drug-likeness (QED) is 0.784. The van der Waals surface area contributed by atoms with Gasteiger partial charge in [0.25, 0.3) is 0 Å².